The summed E-state index contributed by atoms with van der Waals surface area (Å²) in [4.78, 5) is 14.7. The third-order valence-electron chi connectivity index (χ3n) is 3.77. The van der Waals surface area contributed by atoms with E-state index in [1.807, 2.05) is 36.2 Å². The number of likely N-dealkylation sites (N-methyl/N-ethyl adjacent to an activating group) is 1. The summed E-state index contributed by atoms with van der Waals surface area (Å²) in [5, 5.41) is 3.26. The second-order valence-corrected chi connectivity index (χ2v) is 7.74. The average Bonchev–Trinajstić information content (AvgIpc) is 3.01. The van der Waals surface area contributed by atoms with Crippen molar-refractivity contribution in [3.8, 4) is 0 Å². The van der Waals surface area contributed by atoms with Crippen LogP contribution in [0.25, 0.3) is 0 Å². The second kappa shape index (κ2) is 9.65. The lowest BCUT2D eigenvalue weighted by molar-refractivity contribution is -0.131. The summed E-state index contributed by atoms with van der Waals surface area (Å²) in [5.41, 5.74) is 0. The largest absolute Gasteiger partial charge is 0.341 e. The molecule has 2 rings (SSSR count). The van der Waals surface area contributed by atoms with Crippen LogP contribution in [0.15, 0.2) is 33.6 Å². The predicted molar refractivity (Wildman–Crippen MR) is 95.9 cm³/mol. The fraction of sp³-hybridized carbons (Fsp3) is 0.533. The lowest BCUT2D eigenvalue weighted by Gasteiger charge is -2.23. The summed E-state index contributed by atoms with van der Waals surface area (Å²) in [6.45, 7) is 1.86. The maximum atomic E-state index is 12.1. The zero-order valence-corrected chi connectivity index (χ0v) is 15.8. The van der Waals surface area contributed by atoms with Crippen LogP contribution in [-0.4, -0.2) is 46.9 Å². The molecular weight excluding hydrogens is 388 g/mol. The molecule has 0 bridgehead atoms. The molecule has 1 aliphatic heterocycles. The predicted octanol–water partition coefficient (Wildman–Crippen LogP) is 2.58. The molecule has 7 heteroatoms. The first-order valence-electron chi connectivity index (χ1n) is 7.18. The molecule has 124 valence electrons. The van der Waals surface area contributed by atoms with Crippen molar-refractivity contribution >= 4 is 45.0 Å². The van der Waals surface area contributed by atoms with Crippen LogP contribution in [-0.2, 0) is 15.6 Å². The van der Waals surface area contributed by atoms with Crippen LogP contribution >= 0.6 is 28.3 Å². The van der Waals surface area contributed by atoms with Crippen molar-refractivity contribution in [1.29, 1.82) is 0 Å². The van der Waals surface area contributed by atoms with Crippen molar-refractivity contribution in [1.82, 2.24) is 10.2 Å². The summed E-state index contributed by atoms with van der Waals surface area (Å²) in [5.74, 6) is 0.681. The highest BCUT2D eigenvalue weighted by atomic mass is 79.9. The number of hydrogen-bond acceptors (Lipinski definition) is 3. The highest BCUT2D eigenvalue weighted by Gasteiger charge is 2.22. The van der Waals surface area contributed by atoms with E-state index in [0.29, 0.717) is 24.6 Å². The second-order valence-electron chi connectivity index (χ2n) is 5.26. The van der Waals surface area contributed by atoms with Crippen molar-refractivity contribution in [3.05, 3.63) is 28.7 Å². The first-order chi connectivity index (χ1) is 10.1. The summed E-state index contributed by atoms with van der Waals surface area (Å²) in [6, 6.07) is 7.81. The topological polar surface area (TPSA) is 49.4 Å². The van der Waals surface area contributed by atoms with E-state index in [4.69, 9.17) is 0 Å². The van der Waals surface area contributed by atoms with E-state index < -0.39 is 10.8 Å². The van der Waals surface area contributed by atoms with Crippen molar-refractivity contribution in [3.63, 3.8) is 0 Å². The molecule has 1 saturated heterocycles. The van der Waals surface area contributed by atoms with E-state index in [1.165, 1.54) is 0 Å². The molecule has 1 aromatic rings. The number of hydrogen-bond donors (Lipinski definition) is 1. The van der Waals surface area contributed by atoms with Crippen molar-refractivity contribution < 1.29 is 9.00 Å². The fourth-order valence-corrected chi connectivity index (χ4v) is 3.75. The summed E-state index contributed by atoms with van der Waals surface area (Å²) in [6.07, 6.45) is 2.15. The number of nitrogens with one attached hydrogen (secondary N) is 1. The van der Waals surface area contributed by atoms with Crippen LogP contribution in [0.4, 0.5) is 0 Å². The molecule has 0 radical (unpaired) electrons. The zero-order valence-electron chi connectivity index (χ0n) is 12.6. The van der Waals surface area contributed by atoms with Gasteiger partial charge >= 0.3 is 0 Å². The molecule has 22 heavy (non-hydrogen) atoms. The molecule has 1 amide bonds. The number of benzene rings is 1. The van der Waals surface area contributed by atoms with Crippen LogP contribution in [0.3, 0.4) is 0 Å². The molecule has 0 aromatic heterocycles. The molecular formula is C15H22BrClN2O2S. The number of rotatable bonds is 6. The van der Waals surface area contributed by atoms with E-state index >= 15 is 0 Å². The summed E-state index contributed by atoms with van der Waals surface area (Å²) >= 11 is 3.36. The van der Waals surface area contributed by atoms with E-state index in [9.17, 15) is 9.00 Å². The lowest BCUT2D eigenvalue weighted by Crippen LogP contribution is -2.38. The van der Waals surface area contributed by atoms with Gasteiger partial charge in [0, 0.05) is 41.2 Å². The van der Waals surface area contributed by atoms with E-state index in [0.717, 1.165) is 28.9 Å². The molecule has 1 aromatic carbocycles. The molecule has 0 spiro atoms. The zero-order chi connectivity index (χ0) is 15.2. The smallest absolute Gasteiger partial charge is 0.222 e. The SMILES string of the molecule is CN(C(=O)CCCS(=O)c1ccc(Br)cc1)C1CCNC1.Cl. The number of amides is 1. The van der Waals surface area contributed by atoms with Crippen molar-refractivity contribution in [2.75, 3.05) is 25.9 Å². The summed E-state index contributed by atoms with van der Waals surface area (Å²) < 4.78 is 13.1. The van der Waals surface area contributed by atoms with Gasteiger partial charge in [-0.15, -0.1) is 12.4 Å². The Labute approximate surface area is 149 Å². The molecule has 4 nitrogen and oxygen atoms in total. The minimum Gasteiger partial charge on any atom is -0.341 e. The Morgan fingerprint density at radius 3 is 2.68 bits per heavy atom. The molecule has 1 aliphatic rings. The molecule has 2 atom stereocenters. The standard InChI is InChI=1S/C15H21BrN2O2S.ClH/c1-18(13-8-9-17-11-13)15(19)3-2-10-21(20)14-6-4-12(16)5-7-14;/h4-7,13,17H,2-3,8-11H2,1H3;1H. The van der Waals surface area contributed by atoms with Gasteiger partial charge in [-0.2, -0.15) is 0 Å². The first-order valence-corrected chi connectivity index (χ1v) is 9.29. The molecule has 1 heterocycles. The van der Waals surface area contributed by atoms with Crippen LogP contribution in [0, 0.1) is 0 Å². The van der Waals surface area contributed by atoms with E-state index in [2.05, 4.69) is 21.2 Å². The van der Waals surface area contributed by atoms with Gasteiger partial charge in [-0.25, -0.2) is 0 Å². The Morgan fingerprint density at radius 2 is 2.09 bits per heavy atom. The van der Waals surface area contributed by atoms with Crippen LogP contribution in [0.1, 0.15) is 19.3 Å². The Bertz CT molecular complexity index is 507. The third-order valence-corrected chi connectivity index (χ3v) is 5.76. The Hall–Kier alpha value is -0.430. The third kappa shape index (κ3) is 5.65. The minimum atomic E-state index is -1.03. The van der Waals surface area contributed by atoms with Crippen LogP contribution in [0.2, 0.25) is 0 Å². The van der Waals surface area contributed by atoms with Gasteiger partial charge in [0.2, 0.25) is 5.91 Å². The van der Waals surface area contributed by atoms with Gasteiger partial charge < -0.3 is 10.2 Å². The maximum Gasteiger partial charge on any atom is 0.222 e. The van der Waals surface area contributed by atoms with Gasteiger partial charge in [0.1, 0.15) is 0 Å². The maximum absolute atomic E-state index is 12.1. The quantitative estimate of drug-likeness (QED) is 0.785. The molecule has 1 fully saturated rings. The number of carbonyl (C=O) groups excluding carboxylic acids is 1. The highest BCUT2D eigenvalue weighted by molar-refractivity contribution is 9.10. The summed E-state index contributed by atoms with van der Waals surface area (Å²) in [7, 11) is 0.840. The normalized spacial score (nSPS) is 18.5. The van der Waals surface area contributed by atoms with Crippen molar-refractivity contribution in [2.24, 2.45) is 0 Å². The van der Waals surface area contributed by atoms with Gasteiger partial charge in [0.05, 0.1) is 10.8 Å². The fourth-order valence-electron chi connectivity index (χ4n) is 2.41. The highest BCUT2D eigenvalue weighted by Crippen LogP contribution is 2.15. The number of carbonyl (C=O) groups is 1. The first kappa shape index (κ1) is 19.6. The van der Waals surface area contributed by atoms with Gasteiger partial charge in [-0.1, -0.05) is 15.9 Å². The Morgan fingerprint density at radius 1 is 1.41 bits per heavy atom. The van der Waals surface area contributed by atoms with Gasteiger partial charge in [0.25, 0.3) is 0 Å². The van der Waals surface area contributed by atoms with Crippen molar-refractivity contribution in [2.45, 2.75) is 30.2 Å². The lowest BCUT2D eigenvalue weighted by atomic mass is 10.2. The van der Waals surface area contributed by atoms with E-state index in [1.54, 1.807) is 0 Å². The minimum absolute atomic E-state index is 0. The van der Waals surface area contributed by atoms with Crippen LogP contribution < -0.4 is 5.32 Å². The van der Waals surface area contributed by atoms with E-state index in [-0.39, 0.29) is 18.3 Å². The van der Waals surface area contributed by atoms with Gasteiger partial charge in [0.15, 0.2) is 0 Å². The van der Waals surface area contributed by atoms with Gasteiger partial charge in [-0.05, 0) is 43.7 Å². The molecule has 0 aliphatic carbocycles. The van der Waals surface area contributed by atoms with Gasteiger partial charge in [-0.3, -0.25) is 9.00 Å². The number of halogens is 2. The molecule has 2 unspecified atom stereocenters. The molecule has 0 saturated carbocycles. The Kier molecular flexibility index (Phi) is 8.61. The van der Waals surface area contributed by atoms with Crippen LogP contribution in [0.5, 0.6) is 0 Å². The number of nitrogens with zero attached hydrogens (tertiary/aromatic N) is 1. The monoisotopic (exact) mass is 408 g/mol. The molecule has 1 N–H and O–H groups in total. The average molecular weight is 410 g/mol. The Balaban J connectivity index is 0.00000242.